The van der Waals surface area contributed by atoms with Crippen LogP contribution in [-0.2, 0) is 14.2 Å². The van der Waals surface area contributed by atoms with Crippen molar-refractivity contribution >= 4 is 35.7 Å². The van der Waals surface area contributed by atoms with Gasteiger partial charge in [0.1, 0.15) is 28.0 Å². The fraction of sp³-hybridized carbons (Fsp3) is 0.609. The van der Waals surface area contributed by atoms with Gasteiger partial charge in [-0.05, 0) is 68.4 Å². The van der Waals surface area contributed by atoms with Crippen LogP contribution >= 0.6 is 11.6 Å². The van der Waals surface area contributed by atoms with Crippen LogP contribution in [0.5, 0.6) is 0 Å². The Balaban J connectivity index is 3.41. The summed E-state index contributed by atoms with van der Waals surface area (Å²) in [5.41, 5.74) is -3.06. The Morgan fingerprint density at radius 1 is 0.914 bits per heavy atom. The zero-order valence-corrected chi connectivity index (χ0v) is 22.2. The quantitative estimate of drug-likeness (QED) is 0.372. The van der Waals surface area contributed by atoms with Gasteiger partial charge in [0, 0.05) is 6.54 Å². The van der Waals surface area contributed by atoms with Crippen molar-refractivity contribution in [1.82, 2.24) is 9.88 Å². The van der Waals surface area contributed by atoms with Gasteiger partial charge in [-0.1, -0.05) is 11.6 Å². The standard InChI is InChI=1S/C23H32ClFN4O6/c1-21(2,3)33-18(30)28(17-15(25)12-14(13-26)16(24)27-17)10-11-29(19(31)34-22(4,5)6)20(32)35-23(7,8)9/h12H,10-11H2,1-9H3. The first-order chi connectivity index (χ1) is 15.7. The first kappa shape index (κ1) is 29.9. The number of nitrogens with zero attached hydrogens (tertiary/aromatic N) is 4. The molecule has 1 aromatic heterocycles. The summed E-state index contributed by atoms with van der Waals surface area (Å²) in [5, 5.41) is 8.72. The van der Waals surface area contributed by atoms with Crippen LogP contribution in [0.4, 0.5) is 24.6 Å². The summed E-state index contributed by atoms with van der Waals surface area (Å²) in [6, 6.07) is 2.51. The SMILES string of the molecule is CC(C)(C)OC(=O)N(CCN(C(=O)OC(C)(C)C)c1nc(Cl)c(C#N)cc1F)C(=O)OC(C)(C)C. The van der Waals surface area contributed by atoms with Gasteiger partial charge >= 0.3 is 18.3 Å². The molecule has 12 heteroatoms. The number of carbonyl (C=O) groups excluding carboxylic acids is 3. The van der Waals surface area contributed by atoms with E-state index in [2.05, 4.69) is 4.98 Å². The van der Waals surface area contributed by atoms with Gasteiger partial charge < -0.3 is 14.2 Å². The molecule has 10 nitrogen and oxygen atoms in total. The summed E-state index contributed by atoms with van der Waals surface area (Å²) in [5.74, 6) is -1.57. The number of nitriles is 1. The maximum absolute atomic E-state index is 14.8. The Hall–Kier alpha value is -3.13. The third-order valence-electron chi connectivity index (χ3n) is 3.68. The molecule has 0 saturated heterocycles. The van der Waals surface area contributed by atoms with E-state index >= 15 is 0 Å². The second-order valence-electron chi connectivity index (χ2n) is 10.5. The average molecular weight is 515 g/mol. The molecule has 1 rings (SSSR count). The van der Waals surface area contributed by atoms with Crippen LogP contribution in [0.3, 0.4) is 0 Å². The number of halogens is 2. The van der Waals surface area contributed by atoms with Gasteiger partial charge in [0.05, 0.1) is 12.1 Å². The largest absolute Gasteiger partial charge is 0.443 e. The number of imide groups is 1. The molecular weight excluding hydrogens is 483 g/mol. The zero-order chi connectivity index (χ0) is 27.4. The van der Waals surface area contributed by atoms with Gasteiger partial charge in [-0.25, -0.2) is 28.7 Å². The lowest BCUT2D eigenvalue weighted by molar-refractivity contribution is 0.00153. The van der Waals surface area contributed by atoms with E-state index in [0.717, 1.165) is 11.0 Å². The number of ether oxygens (including phenoxy) is 3. The van der Waals surface area contributed by atoms with Crippen molar-refractivity contribution in [3.63, 3.8) is 0 Å². The molecule has 0 fully saturated rings. The van der Waals surface area contributed by atoms with E-state index in [1.807, 2.05) is 0 Å². The van der Waals surface area contributed by atoms with Gasteiger partial charge in [-0.15, -0.1) is 0 Å². The van der Waals surface area contributed by atoms with Crippen LogP contribution in [0, 0.1) is 17.1 Å². The van der Waals surface area contributed by atoms with E-state index in [0.29, 0.717) is 4.90 Å². The second-order valence-corrected chi connectivity index (χ2v) is 10.8. The summed E-state index contributed by atoms with van der Waals surface area (Å²) in [6.07, 6.45) is -3.07. The summed E-state index contributed by atoms with van der Waals surface area (Å²) in [4.78, 5) is 43.7. The number of aromatic nitrogens is 1. The molecule has 0 aliphatic carbocycles. The zero-order valence-electron chi connectivity index (χ0n) is 21.5. The number of carbonyl (C=O) groups is 3. The third-order valence-corrected chi connectivity index (χ3v) is 3.96. The van der Waals surface area contributed by atoms with Crippen molar-refractivity contribution in [3.05, 3.63) is 22.6 Å². The van der Waals surface area contributed by atoms with E-state index in [1.54, 1.807) is 68.4 Å². The minimum atomic E-state index is -1.03. The molecule has 0 N–H and O–H groups in total. The van der Waals surface area contributed by atoms with Crippen molar-refractivity contribution < 1.29 is 33.0 Å². The molecule has 0 atom stereocenters. The van der Waals surface area contributed by atoms with E-state index in [-0.39, 0.29) is 10.7 Å². The summed E-state index contributed by atoms with van der Waals surface area (Å²) >= 11 is 5.95. The lowest BCUT2D eigenvalue weighted by Crippen LogP contribution is -2.48. The Morgan fingerprint density at radius 2 is 1.34 bits per heavy atom. The van der Waals surface area contributed by atoms with Gasteiger partial charge in [0.25, 0.3) is 0 Å². The normalized spacial score (nSPS) is 11.8. The molecule has 0 radical (unpaired) electrons. The van der Waals surface area contributed by atoms with Crippen molar-refractivity contribution in [3.8, 4) is 6.07 Å². The first-order valence-electron chi connectivity index (χ1n) is 10.7. The van der Waals surface area contributed by atoms with Crippen molar-refractivity contribution in [2.24, 2.45) is 0 Å². The van der Waals surface area contributed by atoms with E-state index in [4.69, 9.17) is 31.1 Å². The summed E-state index contributed by atoms with van der Waals surface area (Å²) in [7, 11) is 0. The highest BCUT2D eigenvalue weighted by Gasteiger charge is 2.34. The Kier molecular flexibility index (Phi) is 9.46. The van der Waals surface area contributed by atoms with Crippen molar-refractivity contribution in [1.29, 1.82) is 5.26 Å². The highest BCUT2D eigenvalue weighted by atomic mass is 35.5. The summed E-state index contributed by atoms with van der Waals surface area (Å²) < 4.78 is 30.8. The second kappa shape index (κ2) is 11.1. The highest BCUT2D eigenvalue weighted by Crippen LogP contribution is 2.25. The molecule has 0 saturated carbocycles. The molecule has 0 unspecified atom stereocenters. The van der Waals surface area contributed by atoms with Crippen molar-refractivity contribution in [2.45, 2.75) is 79.1 Å². The third kappa shape index (κ3) is 9.94. The highest BCUT2D eigenvalue weighted by molar-refractivity contribution is 6.30. The average Bonchev–Trinajstić information content (AvgIpc) is 2.62. The molecule has 194 valence electrons. The van der Waals surface area contributed by atoms with Crippen LogP contribution < -0.4 is 4.90 Å². The molecular formula is C23H32ClFN4O6. The lowest BCUT2D eigenvalue weighted by atomic mass is 10.2. The molecule has 1 heterocycles. The minimum Gasteiger partial charge on any atom is -0.443 e. The molecule has 0 aliphatic heterocycles. The monoisotopic (exact) mass is 514 g/mol. The van der Waals surface area contributed by atoms with Gasteiger partial charge in [-0.2, -0.15) is 5.26 Å². The topological polar surface area (TPSA) is 122 Å². The number of hydrogen-bond acceptors (Lipinski definition) is 8. The Morgan fingerprint density at radius 3 is 1.74 bits per heavy atom. The summed E-state index contributed by atoms with van der Waals surface area (Å²) in [6.45, 7) is 13.6. The van der Waals surface area contributed by atoms with E-state index < -0.39 is 59.8 Å². The molecule has 0 spiro atoms. The fourth-order valence-corrected chi connectivity index (χ4v) is 2.59. The van der Waals surface area contributed by atoms with Crippen LogP contribution in [0.2, 0.25) is 5.15 Å². The van der Waals surface area contributed by atoms with Crippen LogP contribution in [0.1, 0.15) is 67.9 Å². The molecule has 3 amide bonds. The number of amides is 3. The molecule has 35 heavy (non-hydrogen) atoms. The number of hydrogen-bond donors (Lipinski definition) is 0. The predicted molar refractivity (Wildman–Crippen MR) is 127 cm³/mol. The van der Waals surface area contributed by atoms with E-state index in [9.17, 15) is 18.8 Å². The Bertz CT molecular complexity index is 977. The minimum absolute atomic E-state index is 0.235. The van der Waals surface area contributed by atoms with Crippen molar-refractivity contribution in [2.75, 3.05) is 18.0 Å². The van der Waals surface area contributed by atoms with Gasteiger partial charge in [0.2, 0.25) is 0 Å². The van der Waals surface area contributed by atoms with Crippen LogP contribution in [-0.4, -0.2) is 58.1 Å². The van der Waals surface area contributed by atoms with Gasteiger partial charge in [0.15, 0.2) is 11.6 Å². The maximum Gasteiger partial charge on any atom is 0.419 e. The fourth-order valence-electron chi connectivity index (χ4n) is 2.42. The molecule has 1 aromatic rings. The first-order valence-corrected chi connectivity index (χ1v) is 11.1. The predicted octanol–water partition coefficient (Wildman–Crippen LogP) is 5.66. The number of pyridine rings is 1. The van der Waals surface area contributed by atoms with Gasteiger partial charge in [-0.3, -0.25) is 4.90 Å². The Labute approximate surface area is 209 Å². The maximum atomic E-state index is 14.8. The molecule has 0 aromatic carbocycles. The lowest BCUT2D eigenvalue weighted by Gasteiger charge is -2.31. The van der Waals surface area contributed by atoms with Crippen LogP contribution in [0.25, 0.3) is 0 Å². The number of rotatable bonds is 4. The molecule has 0 bridgehead atoms. The smallest absolute Gasteiger partial charge is 0.419 e. The van der Waals surface area contributed by atoms with E-state index in [1.165, 1.54) is 0 Å². The molecule has 0 aliphatic rings. The van der Waals surface area contributed by atoms with Crippen LogP contribution in [0.15, 0.2) is 6.07 Å². The number of anilines is 1.